The Morgan fingerprint density at radius 2 is 1.33 bits per heavy atom. The van der Waals surface area contributed by atoms with Crippen LogP contribution < -0.4 is 5.32 Å². The van der Waals surface area contributed by atoms with Gasteiger partial charge in [-0.1, -0.05) is 39.3 Å². The first kappa shape index (κ1) is 20.6. The highest BCUT2D eigenvalue weighted by molar-refractivity contribution is 6.89. The number of amides is 1. The molecule has 0 aromatic rings. The van der Waals surface area contributed by atoms with Gasteiger partial charge in [-0.3, -0.25) is 9.59 Å². The molecule has 0 atom stereocenters. The normalized spacial score (nSPS) is 13.2. The average Bonchev–Trinajstić information content (AvgIpc) is 2.17. The molecule has 0 aliphatic heterocycles. The first-order valence-electron chi connectivity index (χ1n) is 7.39. The summed E-state index contributed by atoms with van der Waals surface area (Å²) < 4.78 is 7.70. The largest absolute Gasteiger partial charge is 0.519 e. The van der Waals surface area contributed by atoms with Gasteiger partial charge in [0.2, 0.25) is 14.2 Å². The Hall–Kier alpha value is -0.449. The van der Waals surface area contributed by atoms with Crippen LogP contribution in [-0.4, -0.2) is 54.0 Å². The lowest BCUT2D eigenvalue weighted by Gasteiger charge is -2.42. The van der Waals surface area contributed by atoms with Gasteiger partial charge >= 0.3 is 5.97 Å². The van der Waals surface area contributed by atoms with Gasteiger partial charge in [-0.2, -0.15) is 0 Å². The zero-order chi connectivity index (χ0) is 17.1. The van der Waals surface area contributed by atoms with E-state index >= 15 is 0 Å². The van der Waals surface area contributed by atoms with Gasteiger partial charge in [-0.05, 0) is 19.6 Å². The van der Waals surface area contributed by atoms with Crippen molar-refractivity contribution in [2.24, 2.45) is 0 Å². The van der Waals surface area contributed by atoms with E-state index in [1.807, 2.05) is 19.6 Å². The maximum absolute atomic E-state index is 12.1. The molecule has 0 aliphatic carbocycles. The van der Waals surface area contributed by atoms with Gasteiger partial charge in [-0.25, -0.2) is 0 Å². The number of carbonyl (C=O) groups excluding carboxylic acids is 2. The molecule has 5 nitrogen and oxygen atoms in total. The molecule has 1 N–H and O–H groups in total. The van der Waals surface area contributed by atoms with E-state index in [1.165, 1.54) is 0 Å². The summed E-state index contributed by atoms with van der Waals surface area (Å²) in [5.74, 6) is -0.428. The van der Waals surface area contributed by atoms with Crippen molar-refractivity contribution in [2.45, 2.75) is 58.9 Å². The first-order chi connectivity index (χ1) is 9.13. The number of carbonyl (C=O) groups is 2. The minimum atomic E-state index is -1.88. The predicted octanol–water partition coefficient (Wildman–Crippen LogP) is 2.45. The quantitative estimate of drug-likeness (QED) is 0.718. The second-order valence-electron chi connectivity index (χ2n) is 8.29. The highest BCUT2D eigenvalue weighted by Gasteiger charge is 2.35. The molecule has 0 unspecified atom stereocenters. The van der Waals surface area contributed by atoms with Crippen molar-refractivity contribution in [3.8, 4) is 0 Å². The van der Waals surface area contributed by atoms with Crippen molar-refractivity contribution >= 4 is 36.7 Å². The lowest BCUT2D eigenvalue weighted by Crippen LogP contribution is -2.61. The molecule has 0 saturated heterocycles. The van der Waals surface area contributed by atoms with Crippen LogP contribution in [-0.2, 0) is 14.0 Å². The minimum absolute atomic E-state index is 0.0334. The molecular weight excluding hydrogens is 316 g/mol. The molecule has 0 rings (SSSR count). The third-order valence-corrected chi connectivity index (χ3v) is 11.2. The lowest BCUT2D eigenvalue weighted by atomic mass is 10.5. The first-order valence-corrected chi connectivity index (χ1v) is 17.7. The maximum atomic E-state index is 12.1. The van der Waals surface area contributed by atoms with Crippen LogP contribution >= 0.6 is 0 Å². The molecule has 21 heavy (non-hydrogen) atoms. The van der Waals surface area contributed by atoms with E-state index in [2.05, 4.69) is 48.8 Å². The topological polar surface area (TPSA) is 58.6 Å². The fourth-order valence-electron chi connectivity index (χ4n) is 2.23. The highest BCUT2D eigenvalue weighted by Crippen LogP contribution is 2.18. The smallest absolute Gasteiger partial charge is 0.312 e. The molecular formula is C13H32N2O3Si3. The Kier molecular flexibility index (Phi) is 7.05. The highest BCUT2D eigenvalue weighted by atomic mass is 28.4. The summed E-state index contributed by atoms with van der Waals surface area (Å²) in [4.78, 5) is 23.8. The Morgan fingerprint density at radius 1 is 0.905 bits per heavy atom. The van der Waals surface area contributed by atoms with Gasteiger partial charge in [0.05, 0.1) is 6.54 Å². The van der Waals surface area contributed by atoms with Gasteiger partial charge in [0, 0.05) is 0 Å². The zero-order valence-electron chi connectivity index (χ0n) is 15.1. The van der Waals surface area contributed by atoms with E-state index < -0.39 is 24.8 Å². The molecule has 1 amide bonds. The molecule has 124 valence electrons. The SMILES string of the molecule is C[Si](C)(C)OC(=O)CNC(=O)CN([Si](C)(C)C)[Si](C)(C)C. The molecule has 0 aliphatic rings. The summed E-state index contributed by atoms with van der Waals surface area (Å²) in [6.45, 7) is 19.7. The molecule has 8 heteroatoms. The summed E-state index contributed by atoms with van der Waals surface area (Å²) in [5.41, 5.74) is 0. The monoisotopic (exact) mass is 348 g/mol. The number of nitrogens with zero attached hydrogens (tertiary/aromatic N) is 1. The van der Waals surface area contributed by atoms with Crippen molar-refractivity contribution in [1.29, 1.82) is 0 Å². The summed E-state index contributed by atoms with van der Waals surface area (Å²) in [6.07, 6.45) is 0. The van der Waals surface area contributed by atoms with Crippen molar-refractivity contribution < 1.29 is 14.0 Å². The van der Waals surface area contributed by atoms with E-state index in [-0.39, 0.29) is 18.4 Å². The fraction of sp³-hybridized carbons (Fsp3) is 0.846. The van der Waals surface area contributed by atoms with Crippen LogP contribution in [0.25, 0.3) is 0 Å². The van der Waals surface area contributed by atoms with Crippen LogP contribution in [0.2, 0.25) is 58.9 Å². The summed E-state index contributed by atoms with van der Waals surface area (Å²) >= 11 is 0. The zero-order valence-corrected chi connectivity index (χ0v) is 18.1. The fourth-order valence-corrected chi connectivity index (χ4v) is 12.3. The summed E-state index contributed by atoms with van der Waals surface area (Å²) in [5, 5.41) is 2.69. The predicted molar refractivity (Wildman–Crippen MR) is 95.8 cm³/mol. The van der Waals surface area contributed by atoms with E-state index in [9.17, 15) is 9.59 Å². The molecule has 0 bridgehead atoms. The molecule has 0 aromatic heterocycles. The number of nitrogens with one attached hydrogen (secondary N) is 1. The average molecular weight is 349 g/mol. The number of rotatable bonds is 7. The third kappa shape index (κ3) is 9.22. The lowest BCUT2D eigenvalue weighted by molar-refractivity contribution is -0.136. The van der Waals surface area contributed by atoms with Gasteiger partial charge in [0.15, 0.2) is 0 Å². The maximum Gasteiger partial charge on any atom is 0.312 e. The van der Waals surface area contributed by atoms with Crippen LogP contribution in [0.5, 0.6) is 0 Å². The minimum Gasteiger partial charge on any atom is -0.519 e. The van der Waals surface area contributed by atoms with Crippen molar-refractivity contribution in [3.63, 3.8) is 0 Å². The van der Waals surface area contributed by atoms with Crippen LogP contribution in [0.1, 0.15) is 0 Å². The van der Waals surface area contributed by atoms with Crippen molar-refractivity contribution in [2.75, 3.05) is 13.1 Å². The summed E-state index contributed by atoms with van der Waals surface area (Å²) in [7, 11) is -4.99. The Bertz CT molecular complexity index is 368. The van der Waals surface area contributed by atoms with Crippen LogP contribution in [0.4, 0.5) is 0 Å². The number of hydrogen-bond donors (Lipinski definition) is 1. The Balaban J connectivity index is 4.51. The van der Waals surface area contributed by atoms with Crippen LogP contribution in [0, 0.1) is 0 Å². The van der Waals surface area contributed by atoms with Crippen LogP contribution in [0.15, 0.2) is 0 Å². The number of hydrogen-bond acceptors (Lipinski definition) is 4. The molecule has 0 saturated carbocycles. The third-order valence-electron chi connectivity index (χ3n) is 2.77. The van der Waals surface area contributed by atoms with E-state index in [4.69, 9.17) is 4.43 Å². The standard InChI is InChI=1S/C13H32N2O3Si3/c1-19(2,3)15(20(4,5)6)11-12(16)14-10-13(17)18-21(7,8)9/h10-11H2,1-9H3,(H,14,16). The Morgan fingerprint density at radius 3 is 1.67 bits per heavy atom. The second-order valence-corrected chi connectivity index (χ2v) is 22.9. The molecule has 0 heterocycles. The molecule has 0 fully saturated rings. The van der Waals surface area contributed by atoms with E-state index in [0.717, 1.165) is 0 Å². The van der Waals surface area contributed by atoms with E-state index in [1.54, 1.807) is 0 Å². The molecule has 0 spiro atoms. The second kappa shape index (κ2) is 7.21. The van der Waals surface area contributed by atoms with Gasteiger partial charge < -0.3 is 14.0 Å². The van der Waals surface area contributed by atoms with Gasteiger partial charge in [0.25, 0.3) is 0 Å². The van der Waals surface area contributed by atoms with Crippen molar-refractivity contribution in [3.05, 3.63) is 0 Å². The van der Waals surface area contributed by atoms with Crippen LogP contribution in [0.3, 0.4) is 0 Å². The molecule has 0 aromatic carbocycles. The van der Waals surface area contributed by atoms with Crippen molar-refractivity contribution in [1.82, 2.24) is 9.55 Å². The summed E-state index contributed by atoms with van der Waals surface area (Å²) in [6, 6.07) is 0. The Labute approximate surface area is 132 Å². The van der Waals surface area contributed by atoms with Gasteiger partial charge in [0.1, 0.15) is 23.0 Å². The van der Waals surface area contributed by atoms with Gasteiger partial charge in [-0.15, -0.1) is 0 Å². The molecule has 0 radical (unpaired) electrons. The van der Waals surface area contributed by atoms with E-state index in [0.29, 0.717) is 6.54 Å².